The molecule has 0 bridgehead atoms. The molecule has 1 aliphatic heterocycles. The molecule has 1 fully saturated rings. The predicted molar refractivity (Wildman–Crippen MR) is 80.6 cm³/mol. The van der Waals surface area contributed by atoms with Crippen molar-refractivity contribution in [3.63, 3.8) is 0 Å². The Balaban J connectivity index is 1.56. The number of aromatic nitrogens is 1. The lowest BCUT2D eigenvalue weighted by Crippen LogP contribution is -2.35. The number of carbonyl (C=O) groups is 1. The molecule has 2 heterocycles. The Labute approximate surface area is 121 Å². The number of carbonyl (C=O) groups excluding carboxylic acids is 1. The lowest BCUT2D eigenvalue weighted by molar-refractivity contribution is 0.0947. The van der Waals surface area contributed by atoms with Crippen molar-refractivity contribution in [3.8, 4) is 0 Å². The van der Waals surface area contributed by atoms with Crippen LogP contribution >= 0.6 is 0 Å². The molecule has 1 saturated heterocycles. The molecule has 1 N–H and O–H groups in total. The van der Waals surface area contributed by atoms with Crippen LogP contribution in [0.2, 0.25) is 0 Å². The molecule has 0 aliphatic carbocycles. The molecule has 20 heavy (non-hydrogen) atoms. The second-order valence-corrected chi connectivity index (χ2v) is 5.73. The second-order valence-electron chi connectivity index (χ2n) is 5.73. The zero-order chi connectivity index (χ0) is 14.2. The summed E-state index contributed by atoms with van der Waals surface area (Å²) in [4.78, 5) is 18.4. The van der Waals surface area contributed by atoms with Crippen molar-refractivity contribution >= 4 is 5.91 Å². The third kappa shape index (κ3) is 4.93. The smallest absolute Gasteiger partial charge is 0.269 e. The molecular formula is C16H25N3O. The molecule has 1 unspecified atom stereocenters. The van der Waals surface area contributed by atoms with E-state index in [1.165, 1.54) is 25.9 Å². The standard InChI is InChI=1S/C16H25N3O/c1-14-7-6-12-19(13-14)11-5-4-10-18-16(20)15-8-2-3-9-17-15/h2-3,8-9,14H,4-7,10-13H2,1H3,(H,18,20). The van der Waals surface area contributed by atoms with Crippen molar-refractivity contribution in [1.29, 1.82) is 0 Å². The summed E-state index contributed by atoms with van der Waals surface area (Å²) in [6, 6.07) is 5.39. The molecule has 0 spiro atoms. The Morgan fingerprint density at radius 3 is 3.10 bits per heavy atom. The van der Waals surface area contributed by atoms with Gasteiger partial charge in [0, 0.05) is 19.3 Å². The quantitative estimate of drug-likeness (QED) is 0.810. The van der Waals surface area contributed by atoms with Crippen molar-refractivity contribution in [1.82, 2.24) is 15.2 Å². The molecule has 110 valence electrons. The third-order valence-electron chi connectivity index (χ3n) is 3.83. The number of unbranched alkanes of at least 4 members (excludes halogenated alkanes) is 1. The van der Waals surface area contributed by atoms with Crippen LogP contribution in [0.5, 0.6) is 0 Å². The maximum atomic E-state index is 11.8. The first-order chi connectivity index (χ1) is 9.75. The summed E-state index contributed by atoms with van der Waals surface area (Å²) < 4.78 is 0. The van der Waals surface area contributed by atoms with Gasteiger partial charge in [-0.15, -0.1) is 0 Å². The lowest BCUT2D eigenvalue weighted by Gasteiger charge is -2.30. The molecule has 0 saturated carbocycles. The van der Waals surface area contributed by atoms with E-state index in [4.69, 9.17) is 0 Å². The van der Waals surface area contributed by atoms with Gasteiger partial charge < -0.3 is 10.2 Å². The summed E-state index contributed by atoms with van der Waals surface area (Å²) in [6.45, 7) is 6.70. The van der Waals surface area contributed by atoms with E-state index in [0.29, 0.717) is 5.69 Å². The van der Waals surface area contributed by atoms with E-state index in [1.54, 1.807) is 12.3 Å². The minimum absolute atomic E-state index is 0.0720. The van der Waals surface area contributed by atoms with Gasteiger partial charge in [0.2, 0.25) is 0 Å². The number of nitrogens with one attached hydrogen (secondary N) is 1. The van der Waals surface area contributed by atoms with Gasteiger partial charge in [-0.1, -0.05) is 13.0 Å². The molecule has 1 amide bonds. The monoisotopic (exact) mass is 275 g/mol. The van der Waals surface area contributed by atoms with E-state index in [1.807, 2.05) is 12.1 Å². The van der Waals surface area contributed by atoms with Crippen LogP contribution in [0.25, 0.3) is 0 Å². The van der Waals surface area contributed by atoms with Crippen LogP contribution < -0.4 is 5.32 Å². The van der Waals surface area contributed by atoms with Gasteiger partial charge >= 0.3 is 0 Å². The Morgan fingerprint density at radius 1 is 1.45 bits per heavy atom. The van der Waals surface area contributed by atoms with Crippen LogP contribution in [0, 0.1) is 5.92 Å². The number of hydrogen-bond donors (Lipinski definition) is 1. The number of piperidine rings is 1. The Morgan fingerprint density at radius 2 is 2.35 bits per heavy atom. The topological polar surface area (TPSA) is 45.2 Å². The largest absolute Gasteiger partial charge is 0.351 e. The molecule has 1 aromatic rings. The first-order valence-corrected chi connectivity index (χ1v) is 7.67. The average Bonchev–Trinajstić information content (AvgIpc) is 2.48. The maximum Gasteiger partial charge on any atom is 0.269 e. The fourth-order valence-electron chi connectivity index (χ4n) is 2.74. The summed E-state index contributed by atoms with van der Waals surface area (Å²) in [7, 11) is 0. The van der Waals surface area contributed by atoms with E-state index < -0.39 is 0 Å². The first-order valence-electron chi connectivity index (χ1n) is 7.67. The molecular weight excluding hydrogens is 250 g/mol. The molecule has 1 aromatic heterocycles. The highest BCUT2D eigenvalue weighted by Gasteiger charge is 2.15. The zero-order valence-electron chi connectivity index (χ0n) is 12.3. The Bertz CT molecular complexity index is 407. The highest BCUT2D eigenvalue weighted by atomic mass is 16.1. The zero-order valence-corrected chi connectivity index (χ0v) is 12.3. The summed E-state index contributed by atoms with van der Waals surface area (Å²) in [6.07, 6.45) is 6.53. The van der Waals surface area contributed by atoms with Gasteiger partial charge in [0.1, 0.15) is 5.69 Å². The van der Waals surface area contributed by atoms with Gasteiger partial charge in [0.25, 0.3) is 5.91 Å². The van der Waals surface area contributed by atoms with Crippen LogP contribution in [-0.4, -0.2) is 42.0 Å². The molecule has 4 nitrogen and oxygen atoms in total. The van der Waals surface area contributed by atoms with E-state index in [-0.39, 0.29) is 5.91 Å². The van der Waals surface area contributed by atoms with E-state index in [0.717, 1.165) is 31.8 Å². The summed E-state index contributed by atoms with van der Waals surface area (Å²) in [5.41, 5.74) is 0.498. The number of pyridine rings is 1. The molecule has 4 heteroatoms. The van der Waals surface area contributed by atoms with E-state index >= 15 is 0 Å². The van der Waals surface area contributed by atoms with Gasteiger partial charge in [-0.05, 0) is 56.8 Å². The van der Waals surface area contributed by atoms with Crippen molar-refractivity contribution < 1.29 is 4.79 Å². The first kappa shape index (κ1) is 15.0. The van der Waals surface area contributed by atoms with Crippen LogP contribution in [0.1, 0.15) is 43.1 Å². The fraction of sp³-hybridized carbons (Fsp3) is 0.625. The maximum absolute atomic E-state index is 11.8. The highest BCUT2D eigenvalue weighted by molar-refractivity contribution is 5.92. The molecule has 0 radical (unpaired) electrons. The second kappa shape index (κ2) is 8.00. The minimum Gasteiger partial charge on any atom is -0.351 e. The summed E-state index contributed by atoms with van der Waals surface area (Å²) in [5.74, 6) is 0.768. The van der Waals surface area contributed by atoms with Gasteiger partial charge in [0.15, 0.2) is 0 Å². The van der Waals surface area contributed by atoms with E-state index in [2.05, 4.69) is 22.1 Å². The van der Waals surface area contributed by atoms with Crippen molar-refractivity contribution in [2.75, 3.05) is 26.2 Å². The Kier molecular flexibility index (Phi) is 5.99. The summed E-state index contributed by atoms with van der Waals surface area (Å²) >= 11 is 0. The molecule has 1 aliphatic rings. The predicted octanol–water partition coefficient (Wildman–Crippen LogP) is 2.32. The van der Waals surface area contributed by atoms with Crippen LogP contribution in [0.15, 0.2) is 24.4 Å². The lowest BCUT2D eigenvalue weighted by atomic mass is 10.0. The van der Waals surface area contributed by atoms with Crippen molar-refractivity contribution in [2.24, 2.45) is 5.92 Å². The van der Waals surface area contributed by atoms with Gasteiger partial charge in [0.05, 0.1) is 0 Å². The molecule has 0 aromatic carbocycles. The normalized spacial score (nSPS) is 19.8. The SMILES string of the molecule is CC1CCCN(CCCCNC(=O)c2ccccn2)C1. The number of amides is 1. The van der Waals surface area contributed by atoms with Gasteiger partial charge in [-0.2, -0.15) is 0 Å². The van der Waals surface area contributed by atoms with Crippen LogP contribution in [-0.2, 0) is 0 Å². The summed E-state index contributed by atoms with van der Waals surface area (Å²) in [5, 5.41) is 2.93. The average molecular weight is 275 g/mol. The number of rotatable bonds is 6. The van der Waals surface area contributed by atoms with Crippen LogP contribution in [0.4, 0.5) is 0 Å². The van der Waals surface area contributed by atoms with Crippen molar-refractivity contribution in [2.45, 2.75) is 32.6 Å². The minimum atomic E-state index is -0.0720. The fourth-order valence-corrected chi connectivity index (χ4v) is 2.74. The van der Waals surface area contributed by atoms with Gasteiger partial charge in [-0.3, -0.25) is 9.78 Å². The number of nitrogens with zero attached hydrogens (tertiary/aromatic N) is 2. The Hall–Kier alpha value is -1.42. The van der Waals surface area contributed by atoms with Crippen LogP contribution in [0.3, 0.4) is 0 Å². The van der Waals surface area contributed by atoms with Gasteiger partial charge in [-0.25, -0.2) is 0 Å². The number of hydrogen-bond acceptors (Lipinski definition) is 3. The number of likely N-dealkylation sites (tertiary alicyclic amines) is 1. The van der Waals surface area contributed by atoms with Crippen molar-refractivity contribution in [3.05, 3.63) is 30.1 Å². The molecule has 1 atom stereocenters. The third-order valence-corrected chi connectivity index (χ3v) is 3.83. The highest BCUT2D eigenvalue weighted by Crippen LogP contribution is 2.15. The van der Waals surface area contributed by atoms with E-state index in [9.17, 15) is 4.79 Å². The molecule has 2 rings (SSSR count).